The maximum atomic E-state index is 12.0. The van der Waals surface area contributed by atoms with Crippen molar-refractivity contribution >= 4 is 17.8 Å². The van der Waals surface area contributed by atoms with E-state index in [1.54, 1.807) is 64.3 Å². The Balaban J connectivity index is 1.71. The smallest absolute Gasteiger partial charge is 0.407 e. The maximum absolute atomic E-state index is 12.0. The molecule has 0 bridgehead atoms. The molecule has 3 amide bonds. The van der Waals surface area contributed by atoms with E-state index in [1.165, 1.54) is 0 Å². The zero-order chi connectivity index (χ0) is 22.7. The summed E-state index contributed by atoms with van der Waals surface area (Å²) in [7, 11) is 1.58. The summed E-state index contributed by atoms with van der Waals surface area (Å²) in [5.41, 5.74) is 0.0899. The lowest BCUT2D eigenvalue weighted by Gasteiger charge is -2.19. The van der Waals surface area contributed by atoms with Gasteiger partial charge in [-0.2, -0.15) is 0 Å². The number of hydrogen-bond acceptors (Lipinski definition) is 5. The average Bonchev–Trinajstić information content (AvgIpc) is 2.71. The van der Waals surface area contributed by atoms with Gasteiger partial charge in [0.2, 0.25) is 0 Å². The van der Waals surface area contributed by atoms with E-state index in [0.717, 1.165) is 0 Å². The molecule has 2 aromatic carbocycles. The molecule has 31 heavy (non-hydrogen) atoms. The van der Waals surface area contributed by atoms with Crippen molar-refractivity contribution in [3.05, 3.63) is 60.7 Å². The molecule has 0 fully saturated rings. The van der Waals surface area contributed by atoms with E-state index in [4.69, 9.17) is 14.2 Å². The molecule has 0 aliphatic carbocycles. The van der Waals surface area contributed by atoms with Gasteiger partial charge in [-0.25, -0.2) is 9.59 Å². The number of hydrogen-bond donors (Lipinski definition) is 3. The molecule has 2 rings (SSSR count). The Kier molecular flexibility index (Phi) is 8.75. The Bertz CT molecular complexity index is 889. The first-order valence-electron chi connectivity index (χ1n) is 9.84. The summed E-state index contributed by atoms with van der Waals surface area (Å²) in [6.45, 7) is 6.02. The average molecular weight is 428 g/mol. The lowest BCUT2D eigenvalue weighted by molar-refractivity contribution is 0.0534. The van der Waals surface area contributed by atoms with E-state index in [2.05, 4.69) is 16.0 Å². The number of nitrogens with one attached hydrogen (secondary N) is 3. The molecule has 0 atom stereocenters. The van der Waals surface area contributed by atoms with Gasteiger partial charge in [-0.15, -0.1) is 0 Å². The number of urea groups is 1. The van der Waals surface area contributed by atoms with Crippen molar-refractivity contribution in [3.8, 4) is 17.2 Å². The summed E-state index contributed by atoms with van der Waals surface area (Å²) >= 11 is 0. The van der Waals surface area contributed by atoms with Crippen LogP contribution in [0.3, 0.4) is 0 Å². The second kappa shape index (κ2) is 11.5. The number of carbonyl (C=O) groups excluding carboxylic acids is 2. The van der Waals surface area contributed by atoms with Gasteiger partial charge in [-0.05, 0) is 57.2 Å². The molecule has 0 saturated heterocycles. The van der Waals surface area contributed by atoms with E-state index in [-0.39, 0.29) is 6.03 Å². The third-order valence-corrected chi connectivity index (χ3v) is 3.72. The fourth-order valence-electron chi connectivity index (χ4n) is 2.39. The first-order valence-corrected chi connectivity index (χ1v) is 9.84. The van der Waals surface area contributed by atoms with Crippen molar-refractivity contribution in [1.82, 2.24) is 10.6 Å². The van der Waals surface area contributed by atoms with Crippen molar-refractivity contribution in [3.63, 3.8) is 0 Å². The molecule has 3 N–H and O–H groups in total. The number of para-hydroxylation sites is 2. The minimum Gasteiger partial charge on any atom is -0.493 e. The van der Waals surface area contributed by atoms with Crippen molar-refractivity contribution in [1.29, 1.82) is 0 Å². The van der Waals surface area contributed by atoms with E-state index in [9.17, 15) is 9.59 Å². The summed E-state index contributed by atoms with van der Waals surface area (Å²) in [6.07, 6.45) is 2.98. The molecule has 0 aliphatic heterocycles. The number of carbonyl (C=O) groups is 2. The van der Waals surface area contributed by atoms with E-state index < -0.39 is 11.7 Å². The Morgan fingerprint density at radius 2 is 1.52 bits per heavy atom. The van der Waals surface area contributed by atoms with E-state index in [1.807, 2.05) is 24.3 Å². The molecule has 2 aromatic rings. The van der Waals surface area contributed by atoms with Crippen LogP contribution < -0.4 is 25.4 Å². The zero-order valence-corrected chi connectivity index (χ0v) is 18.2. The number of anilines is 1. The standard InChI is InChI=1S/C23H29N3O5/c1-23(2,3)31-22(28)25-16-8-7-15-24-21(27)26-17-11-13-18(14-12-17)30-20-10-6-5-9-19(20)29-4/h5-14H,15-16H2,1-4H3,(H,25,28)(H2,24,26,27)/b8-7+. The monoisotopic (exact) mass is 427 g/mol. The third kappa shape index (κ3) is 9.12. The highest BCUT2D eigenvalue weighted by Gasteiger charge is 2.14. The zero-order valence-electron chi connectivity index (χ0n) is 18.2. The number of benzene rings is 2. The first-order chi connectivity index (χ1) is 14.8. The van der Waals surface area contributed by atoms with Crippen LogP contribution in [0.25, 0.3) is 0 Å². The van der Waals surface area contributed by atoms with Gasteiger partial charge in [0.1, 0.15) is 11.4 Å². The lowest BCUT2D eigenvalue weighted by atomic mass is 10.2. The summed E-state index contributed by atoms with van der Waals surface area (Å²) in [6, 6.07) is 14.0. The fourth-order valence-corrected chi connectivity index (χ4v) is 2.39. The molecular weight excluding hydrogens is 398 g/mol. The van der Waals surface area contributed by atoms with Crippen LogP contribution in [0, 0.1) is 0 Å². The molecule has 8 heteroatoms. The number of methoxy groups -OCH3 is 1. The van der Waals surface area contributed by atoms with E-state index in [0.29, 0.717) is 36.0 Å². The van der Waals surface area contributed by atoms with Gasteiger partial charge in [0.05, 0.1) is 7.11 Å². The number of rotatable bonds is 8. The molecule has 0 aliphatic rings. The first kappa shape index (κ1) is 23.6. The SMILES string of the molecule is COc1ccccc1Oc1ccc(NC(=O)NC/C=C/CNC(=O)OC(C)(C)C)cc1. The molecule has 0 spiro atoms. The van der Waals surface area contributed by atoms with Crippen molar-refractivity contribution < 1.29 is 23.8 Å². The molecule has 0 unspecified atom stereocenters. The van der Waals surface area contributed by atoms with Gasteiger partial charge in [-0.3, -0.25) is 0 Å². The minimum absolute atomic E-state index is 0.311. The summed E-state index contributed by atoms with van der Waals surface area (Å²) < 4.78 is 16.2. The third-order valence-electron chi connectivity index (χ3n) is 3.72. The van der Waals surface area contributed by atoms with Crippen molar-refractivity contribution in [2.75, 3.05) is 25.5 Å². The summed E-state index contributed by atoms with van der Waals surface area (Å²) in [4.78, 5) is 23.5. The van der Waals surface area contributed by atoms with Crippen LogP contribution >= 0.6 is 0 Å². The number of alkyl carbamates (subject to hydrolysis) is 1. The Labute approximate surface area is 182 Å². The topological polar surface area (TPSA) is 97.9 Å². The van der Waals surface area contributed by atoms with Crippen molar-refractivity contribution in [2.45, 2.75) is 26.4 Å². The van der Waals surface area contributed by atoms with Crippen LogP contribution in [0.1, 0.15) is 20.8 Å². The van der Waals surface area contributed by atoms with E-state index >= 15 is 0 Å². The van der Waals surface area contributed by atoms with Crippen molar-refractivity contribution in [2.24, 2.45) is 0 Å². The van der Waals surface area contributed by atoms with Gasteiger partial charge in [0.15, 0.2) is 11.5 Å². The van der Waals surface area contributed by atoms with Gasteiger partial charge in [-0.1, -0.05) is 24.3 Å². The van der Waals surface area contributed by atoms with Crippen LogP contribution in [-0.2, 0) is 4.74 Å². The number of amides is 3. The van der Waals surface area contributed by atoms with Crippen LogP contribution in [0.2, 0.25) is 0 Å². The second-order valence-corrected chi connectivity index (χ2v) is 7.47. The fraction of sp³-hybridized carbons (Fsp3) is 0.304. The van der Waals surface area contributed by atoms with Gasteiger partial charge >= 0.3 is 12.1 Å². The summed E-state index contributed by atoms with van der Waals surface area (Å²) in [5.74, 6) is 1.87. The number of ether oxygens (including phenoxy) is 3. The molecule has 0 aromatic heterocycles. The Morgan fingerprint density at radius 1 is 0.903 bits per heavy atom. The van der Waals surface area contributed by atoms with Gasteiger partial charge < -0.3 is 30.2 Å². The summed E-state index contributed by atoms with van der Waals surface area (Å²) in [5, 5.41) is 8.04. The predicted molar refractivity (Wildman–Crippen MR) is 120 cm³/mol. The molecule has 8 nitrogen and oxygen atoms in total. The minimum atomic E-state index is -0.536. The molecule has 0 radical (unpaired) electrons. The lowest BCUT2D eigenvalue weighted by Crippen LogP contribution is -2.32. The predicted octanol–water partition coefficient (Wildman–Crippen LogP) is 4.69. The molecular formula is C23H29N3O5. The van der Waals surface area contributed by atoms with Crippen LogP contribution in [0.5, 0.6) is 17.2 Å². The van der Waals surface area contributed by atoms with Crippen LogP contribution in [0.4, 0.5) is 15.3 Å². The van der Waals surface area contributed by atoms with Gasteiger partial charge in [0, 0.05) is 18.8 Å². The molecule has 0 heterocycles. The quantitative estimate of drug-likeness (QED) is 0.531. The maximum Gasteiger partial charge on any atom is 0.407 e. The highest BCUT2D eigenvalue weighted by atomic mass is 16.6. The Hall–Kier alpha value is -3.68. The molecule has 166 valence electrons. The highest BCUT2D eigenvalue weighted by Crippen LogP contribution is 2.31. The normalized spacial score (nSPS) is 11.0. The second-order valence-electron chi connectivity index (χ2n) is 7.47. The van der Waals surface area contributed by atoms with Crippen LogP contribution in [-0.4, -0.2) is 37.9 Å². The van der Waals surface area contributed by atoms with Crippen LogP contribution in [0.15, 0.2) is 60.7 Å². The largest absolute Gasteiger partial charge is 0.493 e. The highest BCUT2D eigenvalue weighted by molar-refractivity contribution is 5.89. The van der Waals surface area contributed by atoms with Gasteiger partial charge in [0.25, 0.3) is 0 Å². The molecule has 0 saturated carbocycles. The Morgan fingerprint density at radius 3 is 2.13 bits per heavy atom.